The Kier molecular flexibility index (Phi) is 2.74. The molecule has 1 aromatic rings. The fraction of sp³-hybridized carbons (Fsp3) is 0.800. The third kappa shape index (κ3) is 1.50. The Morgan fingerprint density at radius 1 is 1.14 bits per heavy atom. The van der Waals surface area contributed by atoms with Gasteiger partial charge in [0.25, 0.3) is 0 Å². The van der Waals surface area contributed by atoms with E-state index < -0.39 is 0 Å². The molecule has 2 aliphatic carbocycles. The van der Waals surface area contributed by atoms with Crippen molar-refractivity contribution in [3.05, 3.63) is 24.0 Å². The number of hydrogen-bond acceptors (Lipinski definition) is 1. The molecule has 22 heavy (non-hydrogen) atoms. The highest BCUT2D eigenvalue weighted by Crippen LogP contribution is 2.63. The number of aryl methyl sites for hydroxylation is 1. The van der Waals surface area contributed by atoms with Crippen molar-refractivity contribution >= 4 is 0 Å². The van der Waals surface area contributed by atoms with E-state index in [4.69, 9.17) is 0 Å². The first-order valence-corrected chi connectivity index (χ1v) is 9.54. The predicted octanol–water partition coefficient (Wildman–Crippen LogP) is 4.10. The van der Waals surface area contributed by atoms with Crippen molar-refractivity contribution in [3.8, 4) is 0 Å². The lowest BCUT2D eigenvalue weighted by atomic mass is 9.48. The topological polar surface area (TPSA) is 8.17 Å². The number of piperidine rings is 3. The van der Waals surface area contributed by atoms with E-state index >= 15 is 0 Å². The standard InChI is InChI=1S/C20H30N2/c1-15-19(18-7-6-10-21(18)2)12-16-11-17(13-19)20(22(15)14-16)8-4-3-5-9-20/h6-7,10,15-17H,3-5,8-9,11-14H2,1-2H3. The number of hydrogen-bond donors (Lipinski definition) is 0. The van der Waals surface area contributed by atoms with E-state index in [1.54, 1.807) is 5.69 Å². The highest BCUT2D eigenvalue weighted by atomic mass is 15.3. The second kappa shape index (κ2) is 4.41. The van der Waals surface area contributed by atoms with Crippen molar-refractivity contribution < 1.29 is 0 Å². The minimum Gasteiger partial charge on any atom is -0.354 e. The van der Waals surface area contributed by atoms with Crippen LogP contribution in [0.25, 0.3) is 0 Å². The molecule has 1 aromatic heterocycles. The quantitative estimate of drug-likeness (QED) is 0.758. The van der Waals surface area contributed by atoms with E-state index in [0.717, 1.165) is 17.9 Å². The monoisotopic (exact) mass is 298 g/mol. The van der Waals surface area contributed by atoms with Gasteiger partial charge in [0.05, 0.1) is 0 Å². The Bertz CT molecular complexity index is 582. The van der Waals surface area contributed by atoms with Gasteiger partial charge in [-0.2, -0.15) is 0 Å². The lowest BCUT2D eigenvalue weighted by molar-refractivity contribution is -0.183. The first-order chi connectivity index (χ1) is 10.7. The minimum atomic E-state index is 0.437. The normalized spacial score (nSPS) is 45.5. The van der Waals surface area contributed by atoms with Crippen LogP contribution in [0.4, 0.5) is 0 Å². The third-order valence-electron chi connectivity index (χ3n) is 8.11. The molecule has 0 radical (unpaired) electrons. The van der Waals surface area contributed by atoms with Gasteiger partial charge in [-0.25, -0.2) is 0 Å². The number of rotatable bonds is 1. The molecule has 5 unspecified atom stereocenters. The van der Waals surface area contributed by atoms with Crippen molar-refractivity contribution in [1.29, 1.82) is 0 Å². The summed E-state index contributed by atoms with van der Waals surface area (Å²) in [5.41, 5.74) is 2.64. The zero-order valence-electron chi connectivity index (χ0n) is 14.2. The van der Waals surface area contributed by atoms with Crippen LogP contribution in [0.5, 0.6) is 0 Å². The Labute approximate surface area is 134 Å². The summed E-state index contributed by atoms with van der Waals surface area (Å²) in [5, 5.41) is 0. The lowest BCUT2D eigenvalue weighted by Crippen LogP contribution is -2.75. The third-order valence-corrected chi connectivity index (χ3v) is 8.11. The molecule has 4 heterocycles. The highest BCUT2D eigenvalue weighted by molar-refractivity contribution is 5.30. The molecule has 3 saturated heterocycles. The van der Waals surface area contributed by atoms with E-state index in [9.17, 15) is 0 Å². The smallest absolute Gasteiger partial charge is 0.0265 e. The first-order valence-electron chi connectivity index (χ1n) is 9.54. The van der Waals surface area contributed by atoms with Crippen LogP contribution in [0, 0.1) is 11.8 Å². The molecule has 2 nitrogen and oxygen atoms in total. The fourth-order valence-electron chi connectivity index (χ4n) is 7.29. The molecular formula is C20H30N2. The summed E-state index contributed by atoms with van der Waals surface area (Å²) >= 11 is 0. The molecule has 0 aromatic carbocycles. The molecule has 3 aliphatic heterocycles. The molecule has 2 saturated carbocycles. The summed E-state index contributed by atoms with van der Waals surface area (Å²) in [6.45, 7) is 3.95. The van der Waals surface area contributed by atoms with Crippen molar-refractivity contribution in [2.75, 3.05) is 6.54 Å². The molecule has 5 fully saturated rings. The van der Waals surface area contributed by atoms with Crippen LogP contribution in [-0.4, -0.2) is 27.6 Å². The van der Waals surface area contributed by atoms with Gasteiger partial charge in [-0.15, -0.1) is 0 Å². The zero-order valence-corrected chi connectivity index (χ0v) is 14.2. The van der Waals surface area contributed by atoms with Crippen LogP contribution < -0.4 is 0 Å². The molecule has 5 atom stereocenters. The van der Waals surface area contributed by atoms with Gasteiger partial charge in [0.2, 0.25) is 0 Å². The van der Waals surface area contributed by atoms with Gasteiger partial charge in [0.1, 0.15) is 0 Å². The van der Waals surface area contributed by atoms with Gasteiger partial charge in [-0.3, -0.25) is 4.90 Å². The maximum Gasteiger partial charge on any atom is 0.0265 e. The van der Waals surface area contributed by atoms with E-state index in [2.05, 4.69) is 41.8 Å². The van der Waals surface area contributed by atoms with E-state index in [-0.39, 0.29) is 0 Å². The fourth-order valence-corrected chi connectivity index (χ4v) is 7.29. The van der Waals surface area contributed by atoms with Gasteiger partial charge in [0, 0.05) is 42.5 Å². The molecule has 5 aliphatic rings. The Balaban J connectivity index is 1.61. The van der Waals surface area contributed by atoms with Crippen LogP contribution in [0.1, 0.15) is 64.0 Å². The number of aromatic nitrogens is 1. The summed E-state index contributed by atoms with van der Waals surface area (Å²) in [5.74, 6) is 1.92. The summed E-state index contributed by atoms with van der Waals surface area (Å²) in [4.78, 5) is 3.02. The summed E-state index contributed by atoms with van der Waals surface area (Å²) in [6.07, 6.45) is 14.1. The average molecular weight is 298 g/mol. The van der Waals surface area contributed by atoms with Crippen LogP contribution in [0.15, 0.2) is 18.3 Å². The minimum absolute atomic E-state index is 0.437. The van der Waals surface area contributed by atoms with Crippen LogP contribution in [0.3, 0.4) is 0 Å². The first kappa shape index (κ1) is 13.7. The van der Waals surface area contributed by atoms with E-state index in [1.807, 2.05) is 0 Å². The van der Waals surface area contributed by atoms with Crippen molar-refractivity contribution in [2.45, 2.75) is 75.3 Å². The summed E-state index contributed by atoms with van der Waals surface area (Å²) in [6, 6.07) is 5.40. The van der Waals surface area contributed by atoms with Crippen molar-refractivity contribution in [1.82, 2.24) is 9.47 Å². The molecule has 0 N–H and O–H groups in total. The lowest BCUT2D eigenvalue weighted by Gasteiger charge is -2.71. The highest BCUT2D eigenvalue weighted by Gasteiger charge is 2.64. The van der Waals surface area contributed by atoms with Crippen LogP contribution in [0.2, 0.25) is 0 Å². The maximum atomic E-state index is 3.02. The van der Waals surface area contributed by atoms with Crippen molar-refractivity contribution in [3.63, 3.8) is 0 Å². The Morgan fingerprint density at radius 2 is 1.95 bits per heavy atom. The van der Waals surface area contributed by atoms with Gasteiger partial charge in [0.15, 0.2) is 0 Å². The number of nitrogens with zero attached hydrogens (tertiary/aromatic N) is 2. The molecule has 0 amide bonds. The van der Waals surface area contributed by atoms with Gasteiger partial charge < -0.3 is 4.57 Å². The molecule has 6 rings (SSSR count). The van der Waals surface area contributed by atoms with Crippen LogP contribution >= 0.6 is 0 Å². The van der Waals surface area contributed by atoms with E-state index in [0.29, 0.717) is 11.0 Å². The molecule has 2 heteroatoms. The maximum absolute atomic E-state index is 3.02. The Hall–Kier alpha value is -0.760. The predicted molar refractivity (Wildman–Crippen MR) is 89.9 cm³/mol. The molecule has 120 valence electrons. The largest absolute Gasteiger partial charge is 0.354 e. The molecule has 4 bridgehead atoms. The van der Waals surface area contributed by atoms with Gasteiger partial charge >= 0.3 is 0 Å². The average Bonchev–Trinajstić information content (AvgIpc) is 2.97. The van der Waals surface area contributed by atoms with Gasteiger partial charge in [-0.05, 0) is 63.0 Å². The Morgan fingerprint density at radius 3 is 2.68 bits per heavy atom. The summed E-state index contributed by atoms with van der Waals surface area (Å²) < 4.78 is 2.41. The second-order valence-electron chi connectivity index (χ2n) is 8.86. The summed E-state index contributed by atoms with van der Waals surface area (Å²) in [7, 11) is 2.26. The van der Waals surface area contributed by atoms with Gasteiger partial charge in [-0.1, -0.05) is 19.3 Å². The van der Waals surface area contributed by atoms with Crippen molar-refractivity contribution in [2.24, 2.45) is 18.9 Å². The van der Waals surface area contributed by atoms with E-state index in [1.165, 1.54) is 57.9 Å². The molecular weight excluding hydrogens is 268 g/mol. The second-order valence-corrected chi connectivity index (χ2v) is 8.86. The zero-order chi connectivity index (χ0) is 14.9. The molecule has 1 spiro atoms. The van der Waals surface area contributed by atoms with Crippen LogP contribution in [-0.2, 0) is 12.5 Å². The SMILES string of the molecule is CC1N2CC3CC(CC1(c1cccn1C)C3)C21CCCCC1.